The monoisotopic (exact) mass is 344 g/mol. The summed E-state index contributed by atoms with van der Waals surface area (Å²) >= 11 is 0. The van der Waals surface area contributed by atoms with E-state index in [0.717, 1.165) is 5.56 Å². The smallest absolute Gasteiger partial charge is 0.309 e. The van der Waals surface area contributed by atoms with Gasteiger partial charge in [0.1, 0.15) is 11.5 Å². The van der Waals surface area contributed by atoms with Gasteiger partial charge in [-0.1, -0.05) is 6.07 Å². The van der Waals surface area contributed by atoms with Gasteiger partial charge in [0.2, 0.25) is 0 Å². The van der Waals surface area contributed by atoms with Crippen LogP contribution in [-0.2, 0) is 11.3 Å². The lowest BCUT2D eigenvalue weighted by Gasteiger charge is -2.22. The largest absolute Gasteiger partial charge is 0.481 e. The van der Waals surface area contributed by atoms with Gasteiger partial charge >= 0.3 is 5.97 Å². The minimum Gasteiger partial charge on any atom is -0.481 e. The number of aromatic amines is 1. The van der Waals surface area contributed by atoms with E-state index in [1.165, 1.54) is 6.20 Å². The summed E-state index contributed by atoms with van der Waals surface area (Å²) in [6.07, 6.45) is 3.11. The zero-order valence-corrected chi connectivity index (χ0v) is 13.6. The topological polar surface area (TPSA) is 128 Å². The lowest BCUT2D eigenvalue weighted by molar-refractivity contribution is -0.142. The molecule has 9 heteroatoms. The molecule has 9 nitrogen and oxygen atoms in total. The van der Waals surface area contributed by atoms with Gasteiger partial charge in [-0.2, -0.15) is 5.10 Å². The van der Waals surface area contributed by atoms with Crippen molar-refractivity contribution in [2.24, 2.45) is 5.92 Å². The quantitative estimate of drug-likeness (QED) is 0.714. The Morgan fingerprint density at radius 2 is 2.12 bits per heavy atom. The molecule has 0 aromatic carbocycles. The molecule has 2 aromatic heterocycles. The predicted molar refractivity (Wildman–Crippen MR) is 89.5 cm³/mol. The van der Waals surface area contributed by atoms with Crippen molar-refractivity contribution in [2.75, 3.05) is 31.9 Å². The van der Waals surface area contributed by atoms with Crippen LogP contribution in [0.3, 0.4) is 0 Å². The Morgan fingerprint density at radius 3 is 2.80 bits per heavy atom. The van der Waals surface area contributed by atoms with E-state index in [2.05, 4.69) is 15.2 Å². The molecule has 132 valence electrons. The van der Waals surface area contributed by atoms with E-state index in [4.69, 9.17) is 5.73 Å². The standard InChI is InChI=1S/C16H20N6O3/c17-14-11(2-1-4-18-14)8-21-6-7-22(10-12(9-21)16(24)25)15(23)13-3-5-19-20-13/h1-5,12H,6-10H2,(H2,17,18)(H,19,20)(H,24,25). The fourth-order valence-corrected chi connectivity index (χ4v) is 2.94. The third-order valence-corrected chi connectivity index (χ3v) is 4.29. The highest BCUT2D eigenvalue weighted by atomic mass is 16.4. The van der Waals surface area contributed by atoms with E-state index < -0.39 is 11.9 Å². The third kappa shape index (κ3) is 3.94. The number of nitrogens with two attached hydrogens (primary N) is 1. The summed E-state index contributed by atoms with van der Waals surface area (Å²) in [6, 6.07) is 5.25. The highest BCUT2D eigenvalue weighted by molar-refractivity contribution is 5.92. The maximum atomic E-state index is 12.5. The summed E-state index contributed by atoms with van der Waals surface area (Å²) in [4.78, 5) is 31.7. The number of H-pyrrole nitrogens is 1. The maximum absolute atomic E-state index is 12.5. The van der Waals surface area contributed by atoms with Crippen LogP contribution in [-0.4, -0.2) is 68.1 Å². The van der Waals surface area contributed by atoms with Crippen molar-refractivity contribution in [2.45, 2.75) is 6.54 Å². The molecule has 1 atom stereocenters. The average molecular weight is 344 g/mol. The second-order valence-corrected chi connectivity index (χ2v) is 6.04. The van der Waals surface area contributed by atoms with Crippen molar-refractivity contribution in [3.8, 4) is 0 Å². The van der Waals surface area contributed by atoms with Gasteiger partial charge in [-0.25, -0.2) is 4.98 Å². The van der Waals surface area contributed by atoms with Gasteiger partial charge in [-0.05, 0) is 12.1 Å². The number of anilines is 1. The summed E-state index contributed by atoms with van der Waals surface area (Å²) in [7, 11) is 0. The van der Waals surface area contributed by atoms with Crippen molar-refractivity contribution in [1.29, 1.82) is 0 Å². The first-order chi connectivity index (χ1) is 12.0. The number of aromatic nitrogens is 3. The predicted octanol–water partition coefficient (Wildman–Crippen LogP) is 0.0457. The van der Waals surface area contributed by atoms with Crippen molar-refractivity contribution in [1.82, 2.24) is 25.0 Å². The molecule has 2 aromatic rings. The fourth-order valence-electron chi connectivity index (χ4n) is 2.94. The number of amides is 1. The Bertz CT molecular complexity index is 748. The van der Waals surface area contributed by atoms with Crippen molar-refractivity contribution >= 4 is 17.7 Å². The molecule has 4 N–H and O–H groups in total. The zero-order valence-electron chi connectivity index (χ0n) is 13.6. The van der Waals surface area contributed by atoms with Crippen LogP contribution in [0.15, 0.2) is 30.6 Å². The fraction of sp³-hybridized carbons (Fsp3) is 0.375. The molecule has 1 aliphatic heterocycles. The van der Waals surface area contributed by atoms with E-state index in [0.29, 0.717) is 37.7 Å². The SMILES string of the molecule is Nc1ncccc1CN1CCN(C(=O)c2ccn[nH]2)CC(C(=O)O)C1. The molecule has 25 heavy (non-hydrogen) atoms. The molecule has 0 bridgehead atoms. The minimum absolute atomic E-state index is 0.159. The second kappa shape index (κ2) is 7.31. The van der Waals surface area contributed by atoms with Crippen LogP contribution in [0, 0.1) is 5.92 Å². The molecule has 1 aliphatic rings. The first kappa shape index (κ1) is 16.9. The lowest BCUT2D eigenvalue weighted by Crippen LogP contribution is -2.38. The van der Waals surface area contributed by atoms with Gasteiger partial charge < -0.3 is 15.7 Å². The van der Waals surface area contributed by atoms with E-state index in [9.17, 15) is 14.7 Å². The Labute approximate surface area is 144 Å². The normalized spacial score (nSPS) is 18.7. The van der Waals surface area contributed by atoms with Crippen molar-refractivity contribution < 1.29 is 14.7 Å². The number of hydrogen-bond acceptors (Lipinski definition) is 6. The molecule has 0 aliphatic carbocycles. The molecule has 0 saturated carbocycles. The highest BCUT2D eigenvalue weighted by Gasteiger charge is 2.31. The summed E-state index contributed by atoms with van der Waals surface area (Å²) in [6.45, 7) is 1.98. The first-order valence-corrected chi connectivity index (χ1v) is 7.97. The van der Waals surface area contributed by atoms with Crippen molar-refractivity contribution in [3.05, 3.63) is 41.9 Å². The number of hydrogen-bond donors (Lipinski definition) is 3. The highest BCUT2D eigenvalue weighted by Crippen LogP contribution is 2.17. The number of carboxylic acid groups (broad SMARTS) is 1. The van der Waals surface area contributed by atoms with Crippen molar-refractivity contribution in [3.63, 3.8) is 0 Å². The first-order valence-electron chi connectivity index (χ1n) is 7.97. The Hall–Kier alpha value is -2.94. The summed E-state index contributed by atoms with van der Waals surface area (Å²) in [5.41, 5.74) is 7.08. The number of rotatable bonds is 4. The molecule has 1 amide bonds. The molecule has 0 radical (unpaired) electrons. The van der Waals surface area contributed by atoms with Crippen LogP contribution in [0.5, 0.6) is 0 Å². The molecule has 1 saturated heterocycles. The molecule has 3 heterocycles. The van der Waals surface area contributed by atoms with Gasteiger partial charge in [0.15, 0.2) is 0 Å². The van der Waals surface area contributed by atoms with E-state index >= 15 is 0 Å². The van der Waals surface area contributed by atoms with Crippen LogP contribution in [0.25, 0.3) is 0 Å². The number of nitrogens with one attached hydrogen (secondary N) is 1. The lowest BCUT2D eigenvalue weighted by atomic mass is 10.1. The third-order valence-electron chi connectivity index (χ3n) is 4.29. The molecule has 3 rings (SSSR count). The number of aliphatic carboxylic acids is 1. The molecular formula is C16H20N6O3. The number of nitrogens with zero attached hydrogens (tertiary/aromatic N) is 4. The summed E-state index contributed by atoms with van der Waals surface area (Å²) in [5.74, 6) is -1.41. The van der Waals surface area contributed by atoms with E-state index in [1.807, 2.05) is 11.0 Å². The molecular weight excluding hydrogens is 324 g/mol. The number of pyridine rings is 1. The maximum Gasteiger partial charge on any atom is 0.309 e. The Kier molecular flexibility index (Phi) is 4.94. The van der Waals surface area contributed by atoms with Crippen LogP contribution in [0.2, 0.25) is 0 Å². The van der Waals surface area contributed by atoms with Gasteiger partial charge in [-0.15, -0.1) is 0 Å². The zero-order chi connectivity index (χ0) is 17.8. The number of carbonyl (C=O) groups excluding carboxylic acids is 1. The van der Waals surface area contributed by atoms with Crippen LogP contribution >= 0.6 is 0 Å². The van der Waals surface area contributed by atoms with Gasteiger partial charge in [0.05, 0.1) is 5.92 Å². The van der Waals surface area contributed by atoms with Gasteiger partial charge in [-0.3, -0.25) is 19.6 Å². The number of carboxylic acids is 1. The van der Waals surface area contributed by atoms with Crippen LogP contribution in [0.4, 0.5) is 5.82 Å². The van der Waals surface area contributed by atoms with E-state index in [-0.39, 0.29) is 12.5 Å². The van der Waals surface area contributed by atoms with Gasteiger partial charge in [0.25, 0.3) is 5.91 Å². The average Bonchev–Trinajstić information content (AvgIpc) is 3.04. The van der Waals surface area contributed by atoms with Crippen LogP contribution in [0.1, 0.15) is 16.1 Å². The van der Waals surface area contributed by atoms with Gasteiger partial charge in [0, 0.05) is 50.7 Å². The summed E-state index contributed by atoms with van der Waals surface area (Å²) < 4.78 is 0. The Balaban J connectivity index is 1.75. The molecule has 0 spiro atoms. The minimum atomic E-state index is -0.923. The Morgan fingerprint density at radius 1 is 1.28 bits per heavy atom. The van der Waals surface area contributed by atoms with Crippen LogP contribution < -0.4 is 5.73 Å². The summed E-state index contributed by atoms with van der Waals surface area (Å²) in [5, 5.41) is 15.9. The molecule has 1 unspecified atom stereocenters. The van der Waals surface area contributed by atoms with E-state index in [1.54, 1.807) is 23.2 Å². The molecule has 1 fully saturated rings. The number of carbonyl (C=O) groups is 2. The number of nitrogen functional groups attached to an aromatic ring is 1. The second-order valence-electron chi connectivity index (χ2n) is 6.04.